The molecule has 0 aliphatic carbocycles. The zero-order valence-electron chi connectivity index (χ0n) is 13.8. The number of benzene rings is 2. The van der Waals surface area contributed by atoms with E-state index in [1.54, 1.807) is 22.7 Å². The van der Waals surface area contributed by atoms with Crippen LogP contribution in [0.2, 0.25) is 5.02 Å². The summed E-state index contributed by atoms with van der Waals surface area (Å²) in [6, 6.07) is 15.4. The molecule has 1 fully saturated rings. The molecular formula is C19H21ClN2O2S. The number of nitrogens with zero attached hydrogens (tertiary/aromatic N) is 1. The van der Waals surface area contributed by atoms with Crippen LogP contribution in [0.1, 0.15) is 12.8 Å². The second-order valence-corrected chi connectivity index (χ2v) is 7.65. The summed E-state index contributed by atoms with van der Waals surface area (Å²) in [4.78, 5) is 16.2. The Kier molecular flexibility index (Phi) is 6.24. The maximum absolute atomic E-state index is 12.4. The van der Waals surface area contributed by atoms with E-state index < -0.39 is 0 Å². The zero-order chi connectivity index (χ0) is 17.6. The van der Waals surface area contributed by atoms with Gasteiger partial charge in [-0.1, -0.05) is 41.6 Å². The highest BCUT2D eigenvalue weighted by atomic mass is 35.5. The number of hydrogen-bond acceptors (Lipinski definition) is 3. The van der Waals surface area contributed by atoms with Crippen molar-refractivity contribution >= 4 is 35.1 Å². The molecule has 0 bridgehead atoms. The smallest absolute Gasteiger partial charge is 0.321 e. The minimum absolute atomic E-state index is 0.126. The molecule has 0 saturated carbocycles. The number of likely N-dealkylation sites (tertiary alicyclic amines) is 1. The van der Waals surface area contributed by atoms with Crippen molar-refractivity contribution in [1.82, 2.24) is 4.90 Å². The number of nitrogens with one attached hydrogen (secondary N) is 1. The number of aliphatic hydroxyl groups excluding tert-OH is 1. The molecule has 1 heterocycles. The van der Waals surface area contributed by atoms with Crippen molar-refractivity contribution in [3.05, 3.63) is 53.6 Å². The van der Waals surface area contributed by atoms with Crippen LogP contribution in [0.15, 0.2) is 58.3 Å². The fraction of sp³-hybridized carbons (Fsp3) is 0.316. The fourth-order valence-electron chi connectivity index (χ4n) is 2.88. The SMILES string of the molecule is O=C(Nc1ccc(Sc2ccccc2)c(Cl)c1)N1CCCC(CO)C1. The Morgan fingerprint density at radius 3 is 2.80 bits per heavy atom. The first-order valence-electron chi connectivity index (χ1n) is 8.35. The molecular weight excluding hydrogens is 356 g/mol. The van der Waals surface area contributed by atoms with Crippen molar-refractivity contribution in [3.8, 4) is 0 Å². The van der Waals surface area contributed by atoms with E-state index in [-0.39, 0.29) is 18.6 Å². The van der Waals surface area contributed by atoms with Gasteiger partial charge in [0.2, 0.25) is 0 Å². The lowest BCUT2D eigenvalue weighted by molar-refractivity contribution is 0.136. The summed E-state index contributed by atoms with van der Waals surface area (Å²) in [5.41, 5.74) is 0.679. The van der Waals surface area contributed by atoms with Crippen LogP contribution in [0.5, 0.6) is 0 Å². The monoisotopic (exact) mass is 376 g/mol. The summed E-state index contributed by atoms with van der Waals surface area (Å²) in [5, 5.41) is 12.8. The van der Waals surface area contributed by atoms with Crippen molar-refractivity contribution in [2.45, 2.75) is 22.6 Å². The van der Waals surface area contributed by atoms with Crippen LogP contribution in [0.25, 0.3) is 0 Å². The van der Waals surface area contributed by atoms with Crippen LogP contribution < -0.4 is 5.32 Å². The van der Waals surface area contributed by atoms with E-state index in [4.69, 9.17) is 11.6 Å². The van der Waals surface area contributed by atoms with Crippen molar-refractivity contribution in [2.24, 2.45) is 5.92 Å². The molecule has 1 aliphatic heterocycles. The van der Waals surface area contributed by atoms with Gasteiger partial charge in [0.05, 0.1) is 5.02 Å². The highest BCUT2D eigenvalue weighted by molar-refractivity contribution is 7.99. The molecule has 2 amide bonds. The standard InChI is InChI=1S/C19H21ClN2O2S/c20-17-11-15(8-9-18(17)25-16-6-2-1-3-7-16)21-19(24)22-10-4-5-14(12-22)13-23/h1-3,6-9,11,14,23H,4-5,10,12-13H2,(H,21,24). The van der Waals surface area contributed by atoms with Crippen molar-refractivity contribution in [1.29, 1.82) is 0 Å². The van der Waals surface area contributed by atoms with Crippen LogP contribution in [0.3, 0.4) is 0 Å². The Bertz CT molecular complexity index is 727. The molecule has 25 heavy (non-hydrogen) atoms. The molecule has 0 aromatic heterocycles. The minimum atomic E-state index is -0.141. The molecule has 2 aromatic carbocycles. The van der Waals surface area contributed by atoms with Gasteiger partial charge in [0, 0.05) is 35.2 Å². The summed E-state index contributed by atoms with van der Waals surface area (Å²) in [6.45, 7) is 1.44. The number of halogens is 1. The van der Waals surface area contributed by atoms with Gasteiger partial charge in [-0.3, -0.25) is 0 Å². The molecule has 6 heteroatoms. The molecule has 4 nitrogen and oxygen atoms in total. The Morgan fingerprint density at radius 2 is 2.08 bits per heavy atom. The lowest BCUT2D eigenvalue weighted by atomic mass is 9.99. The quantitative estimate of drug-likeness (QED) is 0.811. The second-order valence-electron chi connectivity index (χ2n) is 6.13. The van der Waals surface area contributed by atoms with Crippen LogP contribution in [-0.2, 0) is 0 Å². The number of piperidine rings is 1. The average molecular weight is 377 g/mol. The van der Waals surface area contributed by atoms with Gasteiger partial charge in [-0.2, -0.15) is 0 Å². The summed E-state index contributed by atoms with van der Waals surface area (Å²) < 4.78 is 0. The maximum Gasteiger partial charge on any atom is 0.321 e. The Morgan fingerprint density at radius 1 is 1.28 bits per heavy atom. The van der Waals surface area contributed by atoms with E-state index in [1.165, 1.54) is 0 Å². The highest BCUT2D eigenvalue weighted by Gasteiger charge is 2.23. The van der Waals surface area contributed by atoms with Crippen molar-refractivity contribution < 1.29 is 9.90 Å². The van der Waals surface area contributed by atoms with Crippen LogP contribution >= 0.6 is 23.4 Å². The number of amides is 2. The third-order valence-electron chi connectivity index (χ3n) is 4.22. The molecule has 2 aromatic rings. The molecule has 1 saturated heterocycles. The first-order valence-corrected chi connectivity index (χ1v) is 9.54. The van der Waals surface area contributed by atoms with Gasteiger partial charge >= 0.3 is 6.03 Å². The largest absolute Gasteiger partial charge is 0.396 e. The van der Waals surface area contributed by atoms with Gasteiger partial charge in [-0.25, -0.2) is 4.79 Å². The third kappa shape index (κ3) is 4.91. The van der Waals surface area contributed by atoms with Crippen LogP contribution in [-0.4, -0.2) is 35.7 Å². The van der Waals surface area contributed by atoms with Crippen LogP contribution in [0.4, 0.5) is 10.5 Å². The van der Waals surface area contributed by atoms with Gasteiger partial charge in [-0.15, -0.1) is 0 Å². The van der Waals surface area contributed by atoms with E-state index in [0.29, 0.717) is 17.3 Å². The summed E-state index contributed by atoms with van der Waals surface area (Å²) in [5.74, 6) is 0.174. The molecule has 0 radical (unpaired) electrons. The number of anilines is 1. The molecule has 1 unspecified atom stereocenters. The summed E-state index contributed by atoms with van der Waals surface area (Å²) >= 11 is 7.97. The van der Waals surface area contributed by atoms with Crippen molar-refractivity contribution in [3.63, 3.8) is 0 Å². The van der Waals surface area contributed by atoms with E-state index in [0.717, 1.165) is 29.2 Å². The lowest BCUT2D eigenvalue weighted by Crippen LogP contribution is -2.43. The maximum atomic E-state index is 12.4. The van der Waals surface area contributed by atoms with Gasteiger partial charge in [0.15, 0.2) is 0 Å². The molecule has 0 spiro atoms. The molecule has 1 aliphatic rings. The minimum Gasteiger partial charge on any atom is -0.396 e. The molecule has 3 rings (SSSR count). The number of rotatable bonds is 4. The summed E-state index contributed by atoms with van der Waals surface area (Å²) in [6.07, 6.45) is 1.89. The molecule has 1 atom stereocenters. The Labute approximate surface area is 157 Å². The first-order chi connectivity index (χ1) is 12.2. The zero-order valence-corrected chi connectivity index (χ0v) is 15.4. The number of hydrogen-bond donors (Lipinski definition) is 2. The van der Waals surface area contributed by atoms with Gasteiger partial charge in [0.25, 0.3) is 0 Å². The van der Waals surface area contributed by atoms with E-state index in [9.17, 15) is 9.90 Å². The summed E-state index contributed by atoms with van der Waals surface area (Å²) in [7, 11) is 0. The average Bonchev–Trinajstić information content (AvgIpc) is 2.65. The Balaban J connectivity index is 1.63. The predicted octanol–water partition coefficient (Wildman–Crippen LogP) is 4.73. The lowest BCUT2D eigenvalue weighted by Gasteiger charge is -2.31. The van der Waals surface area contributed by atoms with Gasteiger partial charge < -0.3 is 15.3 Å². The topological polar surface area (TPSA) is 52.6 Å². The predicted molar refractivity (Wildman–Crippen MR) is 102 cm³/mol. The number of aliphatic hydroxyl groups is 1. The Hall–Kier alpha value is -1.69. The van der Waals surface area contributed by atoms with E-state index in [2.05, 4.69) is 5.32 Å². The van der Waals surface area contributed by atoms with Crippen LogP contribution in [0, 0.1) is 5.92 Å². The van der Waals surface area contributed by atoms with Crippen molar-refractivity contribution in [2.75, 3.05) is 25.0 Å². The molecule has 132 valence electrons. The first kappa shape index (κ1) is 18.1. The molecule has 2 N–H and O–H groups in total. The highest BCUT2D eigenvalue weighted by Crippen LogP contribution is 2.34. The van der Waals surface area contributed by atoms with Gasteiger partial charge in [-0.05, 0) is 49.1 Å². The van der Waals surface area contributed by atoms with E-state index in [1.807, 2.05) is 42.5 Å². The van der Waals surface area contributed by atoms with E-state index >= 15 is 0 Å². The fourth-order valence-corrected chi connectivity index (χ4v) is 4.01. The normalized spacial score (nSPS) is 17.4. The van der Waals surface area contributed by atoms with Gasteiger partial charge in [0.1, 0.15) is 0 Å². The number of carbonyl (C=O) groups is 1. The third-order valence-corrected chi connectivity index (χ3v) is 5.73. The number of urea groups is 1. The number of carbonyl (C=O) groups excluding carboxylic acids is 1. The second kappa shape index (κ2) is 8.61.